The van der Waals surface area contributed by atoms with Gasteiger partial charge in [-0.05, 0) is 0 Å². The van der Waals surface area contributed by atoms with Crippen molar-refractivity contribution in [3.05, 3.63) is 41.1 Å². The summed E-state index contributed by atoms with van der Waals surface area (Å²) >= 11 is 0. The average molecular weight is 231 g/mol. The molecule has 0 saturated carbocycles. The molecule has 0 aromatic heterocycles. The Hall–Kier alpha value is -1.40. The van der Waals surface area contributed by atoms with Crippen LogP contribution < -0.4 is 0 Å². The fourth-order valence-corrected chi connectivity index (χ4v) is 0.819. The molecular weight excluding hydrogens is 229 g/mol. The van der Waals surface area contributed by atoms with Gasteiger partial charge >= 0.3 is 17.8 Å². The van der Waals surface area contributed by atoms with Gasteiger partial charge in [-0.15, -0.1) is 13.2 Å². The largest absolute Gasteiger partial charge is 0.310 e. The molecule has 15 heavy (non-hydrogen) atoms. The molecule has 0 spiro atoms. The number of allylic oxidation sites excluding steroid dienone is 6. The second-order valence-corrected chi connectivity index (χ2v) is 2.56. The first kappa shape index (κ1) is 11.7. The fourth-order valence-electron chi connectivity index (χ4n) is 0.819. The zero-order chi connectivity index (χ0) is 11.7. The van der Waals surface area contributed by atoms with Crippen LogP contribution in [0, 0.1) is 6.17 Å². The topological polar surface area (TPSA) is 0 Å². The van der Waals surface area contributed by atoms with Gasteiger partial charge in [-0.1, -0.05) is 0 Å². The second kappa shape index (κ2) is 4.00. The SMILES string of the molecule is F/C1=C(F)/C(F)=C(/F)[C+](F)/C(F)=C(/F)C1. The van der Waals surface area contributed by atoms with E-state index in [-0.39, 0.29) is 0 Å². The minimum Gasteiger partial charge on any atom is -0.205 e. The monoisotopic (exact) mass is 231 g/mol. The van der Waals surface area contributed by atoms with Crippen molar-refractivity contribution in [1.82, 2.24) is 0 Å². The predicted molar refractivity (Wildman–Crippen MR) is 36.7 cm³/mol. The molecule has 0 nitrogen and oxygen atoms in total. The molecule has 0 atom stereocenters. The van der Waals surface area contributed by atoms with Crippen molar-refractivity contribution in [3.8, 4) is 0 Å². The van der Waals surface area contributed by atoms with Crippen molar-refractivity contribution in [2.45, 2.75) is 6.42 Å². The molecule has 0 N–H and O–H groups in total. The van der Waals surface area contributed by atoms with E-state index in [1.807, 2.05) is 0 Å². The Bertz CT molecular complexity index is 376. The Labute approximate surface area is 79.4 Å². The Morgan fingerprint density at radius 1 is 0.733 bits per heavy atom. The predicted octanol–water partition coefficient (Wildman–Crippen LogP) is 4.34. The van der Waals surface area contributed by atoms with Gasteiger partial charge in [0.2, 0.25) is 5.83 Å². The lowest BCUT2D eigenvalue weighted by molar-refractivity contribution is 0.361. The first-order valence-corrected chi connectivity index (χ1v) is 3.53. The van der Waals surface area contributed by atoms with Crippen LogP contribution in [-0.4, -0.2) is 0 Å². The van der Waals surface area contributed by atoms with E-state index < -0.39 is 47.6 Å². The maximum absolute atomic E-state index is 12.5. The Morgan fingerprint density at radius 2 is 1.27 bits per heavy atom. The van der Waals surface area contributed by atoms with Crippen molar-refractivity contribution in [3.63, 3.8) is 0 Å². The summed E-state index contributed by atoms with van der Waals surface area (Å²) in [5.74, 6) is -14.0. The summed E-state index contributed by atoms with van der Waals surface area (Å²) in [7, 11) is 0. The van der Waals surface area contributed by atoms with Crippen LogP contribution in [0.15, 0.2) is 35.0 Å². The molecular formula is C8H2F7+. The standard InChI is InChI=1S/C8H2F7/c9-2-1-3(10)5(12)7(14)8(15)6(13)4(2)11/h1H2/q+1/b4-2-,5-3-,8-6-. The summed E-state index contributed by atoms with van der Waals surface area (Å²) in [5, 5.41) is 0. The molecule has 82 valence electrons. The van der Waals surface area contributed by atoms with Gasteiger partial charge in [-0.2, -0.15) is 13.2 Å². The van der Waals surface area contributed by atoms with Crippen molar-refractivity contribution in [1.29, 1.82) is 0 Å². The Morgan fingerprint density at radius 3 is 1.80 bits per heavy atom. The molecule has 0 aliphatic heterocycles. The highest BCUT2D eigenvalue weighted by atomic mass is 19.2. The minimum absolute atomic E-state index is 1.61. The van der Waals surface area contributed by atoms with E-state index in [4.69, 9.17) is 0 Å². The molecule has 0 heterocycles. The molecule has 0 amide bonds. The molecule has 0 aromatic carbocycles. The summed E-state index contributed by atoms with van der Waals surface area (Å²) in [4.78, 5) is 0. The van der Waals surface area contributed by atoms with Gasteiger partial charge in [-0.25, -0.2) is 4.39 Å². The number of rotatable bonds is 0. The summed E-state index contributed by atoms with van der Waals surface area (Å²) in [6.07, 6.45) is -4.14. The normalized spacial score (nSPS) is 34.2. The zero-order valence-electron chi connectivity index (χ0n) is 6.85. The van der Waals surface area contributed by atoms with Gasteiger partial charge < -0.3 is 0 Å². The molecule has 7 heteroatoms. The van der Waals surface area contributed by atoms with Gasteiger partial charge in [0.25, 0.3) is 11.7 Å². The van der Waals surface area contributed by atoms with Crippen LogP contribution in [-0.2, 0) is 0 Å². The lowest BCUT2D eigenvalue weighted by Crippen LogP contribution is -2.01. The highest BCUT2D eigenvalue weighted by molar-refractivity contribution is 5.40. The molecule has 0 bridgehead atoms. The summed E-state index contributed by atoms with van der Waals surface area (Å²) in [6.45, 7) is 0. The molecule has 1 rings (SSSR count). The number of hydrogen-bond acceptors (Lipinski definition) is 0. The van der Waals surface area contributed by atoms with Gasteiger partial charge in [0.15, 0.2) is 5.83 Å². The smallest absolute Gasteiger partial charge is 0.205 e. The molecule has 0 radical (unpaired) electrons. The van der Waals surface area contributed by atoms with Crippen LogP contribution in [0.5, 0.6) is 0 Å². The van der Waals surface area contributed by atoms with Crippen LogP contribution in [0.25, 0.3) is 0 Å². The van der Waals surface area contributed by atoms with E-state index in [0.717, 1.165) is 0 Å². The first-order valence-electron chi connectivity index (χ1n) is 3.53. The number of halogens is 7. The number of hydrogen-bond donors (Lipinski definition) is 0. The fraction of sp³-hybridized carbons (Fsp3) is 0.125. The quantitative estimate of drug-likeness (QED) is 0.429. The maximum Gasteiger partial charge on any atom is 0.310 e. The Kier molecular flexibility index (Phi) is 3.11. The second-order valence-electron chi connectivity index (χ2n) is 2.56. The summed E-state index contributed by atoms with van der Waals surface area (Å²) in [6, 6.07) is 0. The van der Waals surface area contributed by atoms with E-state index in [1.165, 1.54) is 0 Å². The van der Waals surface area contributed by atoms with Crippen LogP contribution in [0.4, 0.5) is 30.7 Å². The first-order chi connectivity index (χ1) is 6.86. The van der Waals surface area contributed by atoms with Gasteiger partial charge in [0.1, 0.15) is 6.42 Å². The van der Waals surface area contributed by atoms with Gasteiger partial charge in [0.05, 0.1) is 0 Å². The molecule has 0 unspecified atom stereocenters. The molecule has 0 aromatic rings. The highest BCUT2D eigenvalue weighted by Gasteiger charge is 2.42. The maximum atomic E-state index is 12.5. The highest BCUT2D eigenvalue weighted by Crippen LogP contribution is 2.39. The van der Waals surface area contributed by atoms with Crippen LogP contribution in [0.3, 0.4) is 0 Å². The van der Waals surface area contributed by atoms with Gasteiger partial charge in [-0.3, -0.25) is 0 Å². The van der Waals surface area contributed by atoms with Gasteiger partial charge in [0, 0.05) is 0 Å². The van der Waals surface area contributed by atoms with Crippen molar-refractivity contribution < 1.29 is 30.7 Å². The van der Waals surface area contributed by atoms with Crippen molar-refractivity contribution in [2.24, 2.45) is 0 Å². The lowest BCUT2D eigenvalue weighted by atomic mass is 10.1. The van der Waals surface area contributed by atoms with Crippen molar-refractivity contribution >= 4 is 0 Å². The lowest BCUT2D eigenvalue weighted by Gasteiger charge is -2.01. The third-order valence-corrected chi connectivity index (χ3v) is 1.56. The third kappa shape index (κ3) is 2.00. The Balaban J connectivity index is 3.39. The van der Waals surface area contributed by atoms with E-state index in [0.29, 0.717) is 0 Å². The summed E-state index contributed by atoms with van der Waals surface area (Å²) < 4.78 is 87.3. The van der Waals surface area contributed by atoms with E-state index in [9.17, 15) is 30.7 Å². The van der Waals surface area contributed by atoms with Crippen LogP contribution in [0.2, 0.25) is 0 Å². The summed E-state index contributed by atoms with van der Waals surface area (Å²) in [5.41, 5.74) is 0. The van der Waals surface area contributed by atoms with Crippen molar-refractivity contribution in [2.75, 3.05) is 0 Å². The third-order valence-electron chi connectivity index (χ3n) is 1.56. The average Bonchev–Trinajstić information content (AvgIpc) is 2.22. The molecule has 0 saturated heterocycles. The van der Waals surface area contributed by atoms with E-state index in [2.05, 4.69) is 0 Å². The molecule has 0 fully saturated rings. The van der Waals surface area contributed by atoms with E-state index in [1.54, 1.807) is 0 Å². The molecule has 1 aliphatic carbocycles. The van der Waals surface area contributed by atoms with Crippen LogP contribution >= 0.6 is 0 Å². The molecule has 1 aliphatic rings. The zero-order valence-corrected chi connectivity index (χ0v) is 6.85. The van der Waals surface area contributed by atoms with Crippen LogP contribution in [0.1, 0.15) is 6.42 Å². The minimum atomic E-state index is -2.62. The van der Waals surface area contributed by atoms with E-state index >= 15 is 0 Å².